The lowest BCUT2D eigenvalue weighted by Gasteiger charge is -2.09. The number of benzene rings is 1. The number of nitrogens with zero attached hydrogens (tertiary/aromatic N) is 4. The molecule has 0 radical (unpaired) electrons. The van der Waals surface area contributed by atoms with E-state index in [1.807, 2.05) is 0 Å². The maximum atomic E-state index is 12.7. The van der Waals surface area contributed by atoms with Crippen molar-refractivity contribution < 1.29 is 18.3 Å². The highest BCUT2D eigenvalue weighted by Gasteiger charge is 2.13. The van der Waals surface area contributed by atoms with Gasteiger partial charge in [-0.1, -0.05) is 6.07 Å². The molecule has 0 bridgehead atoms. The summed E-state index contributed by atoms with van der Waals surface area (Å²) in [4.78, 5) is 24.0. The Morgan fingerprint density at radius 2 is 1.90 bits per heavy atom. The molecule has 0 aliphatic carbocycles. The van der Waals surface area contributed by atoms with Gasteiger partial charge in [0.15, 0.2) is 17.3 Å². The average molecular weight is 413 g/mol. The summed E-state index contributed by atoms with van der Waals surface area (Å²) < 4.78 is 37.2. The maximum absolute atomic E-state index is 12.7. The number of alkyl halides is 2. The number of aromatic nitrogens is 5. The standard InChI is InChI=1S/C20H17F2N5O3/c1-29-15-6-13-14(7-16(15)30-2)25-17(26-20(13)28)5-11-3-4-18(23-8-11)27-10-12(9-24-27)19(21)22/h3-4,6-10,19H,5H2,1-2H3,(H,25,26,28). The van der Waals surface area contributed by atoms with Gasteiger partial charge in [-0.3, -0.25) is 4.79 Å². The van der Waals surface area contributed by atoms with Gasteiger partial charge in [0.25, 0.3) is 12.0 Å². The molecule has 154 valence electrons. The van der Waals surface area contributed by atoms with Crippen LogP contribution in [0.5, 0.6) is 11.5 Å². The fraction of sp³-hybridized carbons (Fsp3) is 0.200. The highest BCUT2D eigenvalue weighted by atomic mass is 19.3. The molecule has 3 aromatic heterocycles. The number of hydrogen-bond acceptors (Lipinski definition) is 6. The summed E-state index contributed by atoms with van der Waals surface area (Å²) in [6, 6.07) is 6.65. The quantitative estimate of drug-likeness (QED) is 0.522. The normalized spacial score (nSPS) is 11.2. The van der Waals surface area contributed by atoms with Crippen molar-refractivity contribution in [3.05, 3.63) is 70.2 Å². The van der Waals surface area contributed by atoms with Crippen LogP contribution in [0.3, 0.4) is 0 Å². The number of rotatable bonds is 6. The Hall–Kier alpha value is -3.82. The van der Waals surface area contributed by atoms with Gasteiger partial charge in [-0.25, -0.2) is 23.4 Å². The van der Waals surface area contributed by atoms with Crippen molar-refractivity contribution in [2.24, 2.45) is 0 Å². The van der Waals surface area contributed by atoms with Crippen LogP contribution in [0.4, 0.5) is 8.78 Å². The van der Waals surface area contributed by atoms with Crippen molar-refractivity contribution in [1.82, 2.24) is 24.7 Å². The van der Waals surface area contributed by atoms with E-state index in [9.17, 15) is 13.6 Å². The van der Waals surface area contributed by atoms with E-state index in [1.54, 1.807) is 30.5 Å². The number of fused-ring (bicyclic) bond motifs is 1. The van der Waals surface area contributed by atoms with Gasteiger partial charge < -0.3 is 14.5 Å². The molecule has 1 aromatic carbocycles. The summed E-state index contributed by atoms with van der Waals surface area (Å²) in [6.07, 6.45) is 1.66. The van der Waals surface area contributed by atoms with Gasteiger partial charge in [-0.2, -0.15) is 5.10 Å². The van der Waals surface area contributed by atoms with Crippen LogP contribution in [0.15, 0.2) is 47.7 Å². The Morgan fingerprint density at radius 3 is 2.53 bits per heavy atom. The fourth-order valence-electron chi connectivity index (χ4n) is 3.02. The molecule has 0 aliphatic rings. The zero-order chi connectivity index (χ0) is 21.3. The van der Waals surface area contributed by atoms with E-state index in [1.165, 1.54) is 25.1 Å². The lowest BCUT2D eigenvalue weighted by molar-refractivity contribution is 0.151. The summed E-state index contributed by atoms with van der Waals surface area (Å²) >= 11 is 0. The molecule has 0 fully saturated rings. The largest absolute Gasteiger partial charge is 0.493 e. The topological polar surface area (TPSA) is 94.9 Å². The molecule has 0 saturated heterocycles. The van der Waals surface area contributed by atoms with Gasteiger partial charge >= 0.3 is 0 Å². The summed E-state index contributed by atoms with van der Waals surface area (Å²) in [5.41, 5.74) is 0.789. The SMILES string of the molecule is COc1cc2nc(Cc3ccc(-n4cc(C(F)F)cn4)nc3)[nH]c(=O)c2cc1OC. The smallest absolute Gasteiger partial charge is 0.266 e. The molecule has 0 unspecified atom stereocenters. The zero-order valence-electron chi connectivity index (χ0n) is 16.1. The molecule has 0 saturated carbocycles. The lowest BCUT2D eigenvalue weighted by atomic mass is 10.1. The molecule has 0 atom stereocenters. The van der Waals surface area contributed by atoms with E-state index in [0.29, 0.717) is 40.5 Å². The zero-order valence-corrected chi connectivity index (χ0v) is 16.1. The van der Waals surface area contributed by atoms with Crippen LogP contribution < -0.4 is 15.0 Å². The van der Waals surface area contributed by atoms with Crippen molar-refractivity contribution in [3.8, 4) is 17.3 Å². The van der Waals surface area contributed by atoms with E-state index >= 15 is 0 Å². The van der Waals surface area contributed by atoms with Gasteiger partial charge in [-0.05, 0) is 17.7 Å². The molecule has 1 N–H and O–H groups in total. The minimum atomic E-state index is -2.59. The van der Waals surface area contributed by atoms with Crippen LogP contribution >= 0.6 is 0 Å². The van der Waals surface area contributed by atoms with Crippen LogP contribution in [-0.2, 0) is 6.42 Å². The Balaban J connectivity index is 1.61. The maximum Gasteiger partial charge on any atom is 0.266 e. The van der Waals surface area contributed by atoms with Gasteiger partial charge in [0, 0.05) is 24.9 Å². The molecular formula is C20H17F2N5O3. The van der Waals surface area contributed by atoms with Crippen LogP contribution in [-0.4, -0.2) is 39.0 Å². The van der Waals surface area contributed by atoms with Gasteiger partial charge in [-0.15, -0.1) is 0 Å². The van der Waals surface area contributed by atoms with E-state index in [-0.39, 0.29) is 11.1 Å². The highest BCUT2D eigenvalue weighted by molar-refractivity contribution is 5.81. The highest BCUT2D eigenvalue weighted by Crippen LogP contribution is 2.30. The van der Waals surface area contributed by atoms with Gasteiger partial charge in [0.2, 0.25) is 0 Å². The van der Waals surface area contributed by atoms with Crippen molar-refractivity contribution in [2.75, 3.05) is 14.2 Å². The molecule has 0 aliphatic heterocycles. The molecule has 30 heavy (non-hydrogen) atoms. The first-order chi connectivity index (χ1) is 14.5. The van der Waals surface area contributed by atoms with Gasteiger partial charge in [0.05, 0.1) is 36.9 Å². The number of halogens is 2. The van der Waals surface area contributed by atoms with Crippen molar-refractivity contribution >= 4 is 10.9 Å². The molecule has 10 heteroatoms. The monoisotopic (exact) mass is 413 g/mol. The van der Waals surface area contributed by atoms with Crippen LogP contribution in [0, 0.1) is 0 Å². The molecule has 4 rings (SSSR count). The third kappa shape index (κ3) is 3.71. The first kappa shape index (κ1) is 19.5. The first-order valence-corrected chi connectivity index (χ1v) is 8.91. The number of H-pyrrole nitrogens is 1. The van der Waals surface area contributed by atoms with Crippen molar-refractivity contribution in [2.45, 2.75) is 12.8 Å². The number of ether oxygens (including phenoxy) is 2. The Labute approximate surface area is 169 Å². The van der Waals surface area contributed by atoms with E-state index < -0.39 is 6.43 Å². The first-order valence-electron chi connectivity index (χ1n) is 8.91. The fourth-order valence-corrected chi connectivity index (χ4v) is 3.02. The Morgan fingerprint density at radius 1 is 1.13 bits per heavy atom. The summed E-state index contributed by atoms with van der Waals surface area (Å²) in [5, 5.41) is 4.28. The van der Waals surface area contributed by atoms with Crippen LogP contribution in [0.2, 0.25) is 0 Å². The number of aromatic amines is 1. The third-order valence-electron chi connectivity index (χ3n) is 4.53. The predicted octanol–water partition coefficient (Wildman–Crippen LogP) is 3.05. The molecule has 3 heterocycles. The van der Waals surface area contributed by atoms with E-state index in [2.05, 4.69) is 20.1 Å². The second-order valence-corrected chi connectivity index (χ2v) is 6.46. The lowest BCUT2D eigenvalue weighted by Crippen LogP contribution is -2.13. The van der Waals surface area contributed by atoms with E-state index in [0.717, 1.165) is 11.8 Å². The molecule has 4 aromatic rings. The minimum absolute atomic E-state index is 0.175. The third-order valence-corrected chi connectivity index (χ3v) is 4.53. The Kier molecular flexibility index (Phi) is 5.13. The number of methoxy groups -OCH3 is 2. The summed E-state index contributed by atoms with van der Waals surface area (Å²) in [5.74, 6) is 1.77. The second-order valence-electron chi connectivity index (χ2n) is 6.46. The van der Waals surface area contributed by atoms with Crippen molar-refractivity contribution in [1.29, 1.82) is 0 Å². The predicted molar refractivity (Wildman–Crippen MR) is 105 cm³/mol. The van der Waals surface area contributed by atoms with Crippen LogP contribution in [0.25, 0.3) is 16.7 Å². The number of hydrogen-bond donors (Lipinski definition) is 1. The molecule has 0 amide bonds. The molecule has 8 nitrogen and oxygen atoms in total. The van der Waals surface area contributed by atoms with E-state index in [4.69, 9.17) is 9.47 Å². The minimum Gasteiger partial charge on any atom is -0.493 e. The van der Waals surface area contributed by atoms with Crippen LogP contribution in [0.1, 0.15) is 23.4 Å². The number of pyridine rings is 1. The Bertz CT molecular complexity index is 1250. The second kappa shape index (κ2) is 7.90. The van der Waals surface area contributed by atoms with Crippen molar-refractivity contribution in [3.63, 3.8) is 0 Å². The summed E-state index contributed by atoms with van der Waals surface area (Å²) in [6.45, 7) is 0. The average Bonchev–Trinajstić information content (AvgIpc) is 3.24. The summed E-state index contributed by atoms with van der Waals surface area (Å²) in [7, 11) is 3.00. The molecular weight excluding hydrogens is 396 g/mol. The molecule has 0 spiro atoms. The number of nitrogens with one attached hydrogen (secondary N) is 1. The van der Waals surface area contributed by atoms with Gasteiger partial charge in [0.1, 0.15) is 5.82 Å².